The maximum absolute atomic E-state index is 5.69. The molecule has 2 aliphatic heterocycles. The van der Waals surface area contributed by atoms with E-state index < -0.39 is 0 Å². The quantitative estimate of drug-likeness (QED) is 0.787. The molecule has 1 fully saturated rings. The van der Waals surface area contributed by atoms with Crippen LogP contribution in [0.5, 0.6) is 11.5 Å². The largest absolute Gasteiger partial charge is 0.490 e. The summed E-state index contributed by atoms with van der Waals surface area (Å²) < 4.78 is 16.9. The fourth-order valence-corrected chi connectivity index (χ4v) is 2.34. The molecule has 1 saturated heterocycles. The average Bonchev–Trinajstić information content (AvgIpc) is 2.51. The zero-order chi connectivity index (χ0) is 11.7. The van der Waals surface area contributed by atoms with E-state index >= 15 is 0 Å². The number of hydrogen-bond acceptors (Lipinski definition) is 3. The molecule has 1 aromatic carbocycles. The van der Waals surface area contributed by atoms with Gasteiger partial charge in [-0.3, -0.25) is 0 Å². The van der Waals surface area contributed by atoms with Gasteiger partial charge in [-0.05, 0) is 31.0 Å². The number of rotatable bonds is 2. The summed E-state index contributed by atoms with van der Waals surface area (Å²) in [5.41, 5.74) is 1.29. The van der Waals surface area contributed by atoms with E-state index in [2.05, 4.69) is 19.1 Å². The minimum Gasteiger partial charge on any atom is -0.490 e. The third kappa shape index (κ3) is 2.25. The zero-order valence-corrected chi connectivity index (χ0v) is 10.2. The second-order valence-electron chi connectivity index (χ2n) is 5.06. The summed E-state index contributed by atoms with van der Waals surface area (Å²) in [6.45, 7) is 4.54. The first-order chi connectivity index (χ1) is 8.25. The molecule has 0 aliphatic carbocycles. The van der Waals surface area contributed by atoms with E-state index in [1.54, 1.807) is 0 Å². The summed E-state index contributed by atoms with van der Waals surface area (Å²) >= 11 is 0. The second-order valence-corrected chi connectivity index (χ2v) is 5.06. The van der Waals surface area contributed by atoms with Crippen molar-refractivity contribution < 1.29 is 14.2 Å². The molecule has 17 heavy (non-hydrogen) atoms. The lowest BCUT2D eigenvalue weighted by molar-refractivity contribution is -0.132. The van der Waals surface area contributed by atoms with Crippen molar-refractivity contribution in [2.45, 2.75) is 31.8 Å². The average molecular weight is 234 g/mol. The maximum atomic E-state index is 5.69. The molecule has 0 bridgehead atoms. The summed E-state index contributed by atoms with van der Waals surface area (Å²) in [4.78, 5) is 0. The second kappa shape index (κ2) is 4.22. The fourth-order valence-electron chi connectivity index (χ4n) is 2.34. The lowest BCUT2D eigenvalue weighted by atomic mass is 9.89. The highest BCUT2D eigenvalue weighted by Crippen LogP contribution is 2.34. The molecule has 92 valence electrons. The first-order valence-electron chi connectivity index (χ1n) is 6.28. The van der Waals surface area contributed by atoms with Crippen molar-refractivity contribution >= 4 is 0 Å². The van der Waals surface area contributed by atoms with E-state index in [9.17, 15) is 0 Å². The van der Waals surface area contributed by atoms with E-state index in [1.165, 1.54) is 5.56 Å². The van der Waals surface area contributed by atoms with Crippen LogP contribution in [0.4, 0.5) is 0 Å². The summed E-state index contributed by atoms with van der Waals surface area (Å²) in [7, 11) is 0. The summed E-state index contributed by atoms with van der Waals surface area (Å²) in [6.07, 6.45) is 3.04. The standard InChI is InChI=1S/C14H18O3/c1-14(5-8-17-14)10-11-3-4-12-13(9-11)16-7-2-6-15-12/h3-4,9H,2,5-8,10H2,1H3. The molecular formula is C14H18O3. The van der Waals surface area contributed by atoms with Crippen LogP contribution in [-0.2, 0) is 11.2 Å². The minimum absolute atomic E-state index is 0.0276. The van der Waals surface area contributed by atoms with E-state index in [0.29, 0.717) is 0 Å². The molecule has 2 heterocycles. The monoisotopic (exact) mass is 234 g/mol. The van der Waals surface area contributed by atoms with Gasteiger partial charge in [0.1, 0.15) is 0 Å². The molecule has 0 saturated carbocycles. The van der Waals surface area contributed by atoms with Gasteiger partial charge in [0.15, 0.2) is 11.5 Å². The molecule has 1 atom stereocenters. The van der Waals surface area contributed by atoms with Gasteiger partial charge in [0.2, 0.25) is 0 Å². The van der Waals surface area contributed by atoms with Gasteiger partial charge in [0, 0.05) is 12.8 Å². The van der Waals surface area contributed by atoms with Crippen molar-refractivity contribution in [3.8, 4) is 11.5 Å². The highest BCUT2D eigenvalue weighted by atomic mass is 16.5. The van der Waals surface area contributed by atoms with E-state index in [-0.39, 0.29) is 5.60 Å². The first-order valence-corrected chi connectivity index (χ1v) is 6.28. The van der Waals surface area contributed by atoms with Crippen molar-refractivity contribution in [1.82, 2.24) is 0 Å². The van der Waals surface area contributed by atoms with Crippen LogP contribution in [0.25, 0.3) is 0 Å². The molecule has 3 rings (SSSR count). The molecule has 0 aromatic heterocycles. The maximum Gasteiger partial charge on any atom is 0.161 e. The Kier molecular flexibility index (Phi) is 2.71. The van der Waals surface area contributed by atoms with Crippen LogP contribution in [0.15, 0.2) is 18.2 Å². The predicted octanol–water partition coefficient (Wildman–Crippen LogP) is 2.57. The summed E-state index contributed by atoms with van der Waals surface area (Å²) in [5, 5.41) is 0. The van der Waals surface area contributed by atoms with Gasteiger partial charge in [-0.25, -0.2) is 0 Å². The Morgan fingerprint density at radius 1 is 1.12 bits per heavy atom. The lowest BCUT2D eigenvalue weighted by Crippen LogP contribution is -2.42. The van der Waals surface area contributed by atoms with Gasteiger partial charge in [-0.2, -0.15) is 0 Å². The molecule has 1 unspecified atom stereocenters. The molecule has 0 spiro atoms. The van der Waals surface area contributed by atoms with Crippen molar-refractivity contribution in [2.24, 2.45) is 0 Å². The molecule has 3 nitrogen and oxygen atoms in total. The van der Waals surface area contributed by atoms with Crippen LogP contribution in [0.1, 0.15) is 25.3 Å². The fraction of sp³-hybridized carbons (Fsp3) is 0.571. The van der Waals surface area contributed by atoms with Crippen LogP contribution >= 0.6 is 0 Å². The molecule has 2 aliphatic rings. The smallest absolute Gasteiger partial charge is 0.161 e. The highest BCUT2D eigenvalue weighted by molar-refractivity contribution is 5.43. The third-order valence-corrected chi connectivity index (χ3v) is 3.47. The Morgan fingerprint density at radius 2 is 1.88 bits per heavy atom. The van der Waals surface area contributed by atoms with Gasteiger partial charge in [-0.1, -0.05) is 6.07 Å². The minimum atomic E-state index is 0.0276. The Labute approximate surface area is 102 Å². The van der Waals surface area contributed by atoms with Gasteiger partial charge in [0.05, 0.1) is 25.4 Å². The van der Waals surface area contributed by atoms with Crippen molar-refractivity contribution in [3.63, 3.8) is 0 Å². The molecule has 0 radical (unpaired) electrons. The molecule has 1 aromatic rings. The van der Waals surface area contributed by atoms with Crippen LogP contribution in [-0.4, -0.2) is 25.4 Å². The van der Waals surface area contributed by atoms with Crippen LogP contribution in [0.2, 0.25) is 0 Å². The van der Waals surface area contributed by atoms with Crippen LogP contribution < -0.4 is 9.47 Å². The van der Waals surface area contributed by atoms with Crippen LogP contribution in [0.3, 0.4) is 0 Å². The summed E-state index contributed by atoms with van der Waals surface area (Å²) in [5.74, 6) is 1.74. The van der Waals surface area contributed by atoms with Crippen molar-refractivity contribution in [2.75, 3.05) is 19.8 Å². The van der Waals surface area contributed by atoms with Crippen LogP contribution in [0, 0.1) is 0 Å². The van der Waals surface area contributed by atoms with E-state index in [0.717, 1.165) is 50.6 Å². The normalized spacial score (nSPS) is 27.1. The number of hydrogen-bond donors (Lipinski definition) is 0. The Morgan fingerprint density at radius 3 is 2.59 bits per heavy atom. The predicted molar refractivity (Wildman–Crippen MR) is 64.7 cm³/mol. The Balaban J connectivity index is 1.79. The molecule has 0 N–H and O–H groups in total. The van der Waals surface area contributed by atoms with Gasteiger partial charge in [-0.15, -0.1) is 0 Å². The number of fused-ring (bicyclic) bond motifs is 1. The first kappa shape index (κ1) is 10.9. The molecule has 0 amide bonds. The van der Waals surface area contributed by atoms with E-state index in [1.807, 2.05) is 6.07 Å². The van der Waals surface area contributed by atoms with E-state index in [4.69, 9.17) is 14.2 Å². The third-order valence-electron chi connectivity index (χ3n) is 3.47. The SMILES string of the molecule is CC1(Cc2ccc3c(c2)OCCCO3)CCO1. The summed E-state index contributed by atoms with van der Waals surface area (Å²) in [6, 6.07) is 6.21. The van der Waals surface area contributed by atoms with Gasteiger partial charge < -0.3 is 14.2 Å². The zero-order valence-electron chi connectivity index (χ0n) is 10.2. The van der Waals surface area contributed by atoms with Gasteiger partial charge in [0.25, 0.3) is 0 Å². The van der Waals surface area contributed by atoms with Crippen molar-refractivity contribution in [1.29, 1.82) is 0 Å². The number of benzene rings is 1. The van der Waals surface area contributed by atoms with Gasteiger partial charge >= 0.3 is 0 Å². The lowest BCUT2D eigenvalue weighted by Gasteiger charge is -2.38. The Bertz CT molecular complexity index is 410. The molecule has 3 heteroatoms. The Hall–Kier alpha value is -1.22. The van der Waals surface area contributed by atoms with Crippen molar-refractivity contribution in [3.05, 3.63) is 23.8 Å². The number of ether oxygens (including phenoxy) is 3. The molecular weight excluding hydrogens is 216 g/mol. The topological polar surface area (TPSA) is 27.7 Å². The highest BCUT2D eigenvalue weighted by Gasteiger charge is 2.33.